The van der Waals surface area contributed by atoms with E-state index in [9.17, 15) is 14.4 Å². The summed E-state index contributed by atoms with van der Waals surface area (Å²) in [5.41, 5.74) is -1.14. The van der Waals surface area contributed by atoms with E-state index in [2.05, 4.69) is 4.99 Å². The Bertz CT molecular complexity index is 391. The highest BCUT2D eigenvalue weighted by atomic mass is 16.5. The molecule has 0 aliphatic rings. The molecule has 0 rings (SSSR count). The number of hydrogen-bond acceptors (Lipinski definition) is 6. The van der Waals surface area contributed by atoms with E-state index >= 15 is 0 Å². The summed E-state index contributed by atoms with van der Waals surface area (Å²) in [6, 6.07) is 0. The highest BCUT2D eigenvalue weighted by Gasteiger charge is 2.27. The van der Waals surface area contributed by atoms with Gasteiger partial charge < -0.3 is 9.47 Å². The summed E-state index contributed by atoms with van der Waals surface area (Å²) in [4.78, 5) is 36.2. The lowest BCUT2D eigenvalue weighted by Gasteiger charge is -2.21. The van der Waals surface area contributed by atoms with Crippen LogP contribution in [0.2, 0.25) is 0 Å². The normalized spacial score (nSPS) is 13.8. The second-order valence-corrected chi connectivity index (χ2v) is 3.92. The van der Waals surface area contributed by atoms with Gasteiger partial charge in [-0.05, 0) is 20.8 Å². The van der Waals surface area contributed by atoms with Crippen LogP contribution < -0.4 is 0 Å². The molecular weight excluding hydrogens is 250 g/mol. The van der Waals surface area contributed by atoms with Crippen LogP contribution >= 0.6 is 0 Å². The van der Waals surface area contributed by atoms with E-state index in [0.717, 1.165) is 0 Å². The molecule has 0 aromatic carbocycles. The Balaban J connectivity index is 4.53. The van der Waals surface area contributed by atoms with E-state index in [-0.39, 0.29) is 13.2 Å². The molecule has 0 aliphatic carbocycles. The van der Waals surface area contributed by atoms with Crippen LogP contribution in [0.3, 0.4) is 0 Å². The fourth-order valence-electron chi connectivity index (χ4n) is 1.04. The van der Waals surface area contributed by atoms with Crippen molar-refractivity contribution in [2.24, 2.45) is 4.99 Å². The van der Waals surface area contributed by atoms with Crippen LogP contribution in [0.1, 0.15) is 20.8 Å². The Kier molecular flexibility index (Phi) is 7.81. The highest BCUT2D eigenvalue weighted by Crippen LogP contribution is 2.11. The second kappa shape index (κ2) is 8.83. The van der Waals surface area contributed by atoms with Crippen LogP contribution in [0, 0.1) is 0 Å². The number of carbonyl (C=O) groups excluding carboxylic acids is 3. The Morgan fingerprint density at radius 2 is 1.53 bits per heavy atom. The molecule has 0 atom stereocenters. The number of isocyanates is 1. The maximum Gasteiger partial charge on any atom is 0.330 e. The predicted molar refractivity (Wildman–Crippen MR) is 68.1 cm³/mol. The van der Waals surface area contributed by atoms with Crippen molar-refractivity contribution in [1.82, 2.24) is 0 Å². The zero-order valence-corrected chi connectivity index (χ0v) is 11.2. The Hall–Kier alpha value is -2.20. The van der Waals surface area contributed by atoms with Crippen molar-refractivity contribution in [2.45, 2.75) is 26.3 Å². The zero-order valence-electron chi connectivity index (χ0n) is 11.2. The van der Waals surface area contributed by atoms with E-state index in [4.69, 9.17) is 9.47 Å². The summed E-state index contributed by atoms with van der Waals surface area (Å²) < 4.78 is 9.77. The van der Waals surface area contributed by atoms with Crippen LogP contribution in [0.25, 0.3) is 0 Å². The van der Waals surface area contributed by atoms with Crippen LogP contribution in [0.5, 0.6) is 0 Å². The zero-order chi connectivity index (χ0) is 14.7. The smallest absolute Gasteiger partial charge is 0.330 e. The van der Waals surface area contributed by atoms with Crippen molar-refractivity contribution in [3.05, 3.63) is 24.3 Å². The predicted octanol–water partition coefficient (Wildman–Crippen LogP) is 1.32. The van der Waals surface area contributed by atoms with E-state index in [1.807, 2.05) is 0 Å². The lowest BCUT2D eigenvalue weighted by atomic mass is 10.1. The number of ether oxygens (including phenoxy) is 2. The fourth-order valence-corrected chi connectivity index (χ4v) is 1.04. The second-order valence-electron chi connectivity index (χ2n) is 3.92. The van der Waals surface area contributed by atoms with Gasteiger partial charge in [-0.3, -0.25) is 0 Å². The van der Waals surface area contributed by atoms with Crippen molar-refractivity contribution in [3.63, 3.8) is 0 Å². The van der Waals surface area contributed by atoms with Crippen LogP contribution in [-0.2, 0) is 23.9 Å². The molecule has 6 heteroatoms. The number of nitrogens with zero attached hydrogens (tertiary/aromatic N) is 1. The van der Waals surface area contributed by atoms with Gasteiger partial charge in [0.05, 0.1) is 0 Å². The van der Waals surface area contributed by atoms with Crippen LogP contribution in [-0.4, -0.2) is 36.8 Å². The van der Waals surface area contributed by atoms with Gasteiger partial charge in [0.2, 0.25) is 6.08 Å². The van der Waals surface area contributed by atoms with E-state index < -0.39 is 17.5 Å². The third-order valence-corrected chi connectivity index (χ3v) is 1.97. The quantitative estimate of drug-likeness (QED) is 0.301. The van der Waals surface area contributed by atoms with Crippen molar-refractivity contribution in [3.8, 4) is 0 Å². The van der Waals surface area contributed by atoms with Gasteiger partial charge in [0.25, 0.3) is 0 Å². The SMILES string of the molecule is CC=CC(=O)OCC(C)(COC(=O)C=CC)N=C=O. The first-order valence-corrected chi connectivity index (χ1v) is 5.65. The molecular formula is C13H17NO5. The van der Waals surface area contributed by atoms with Gasteiger partial charge >= 0.3 is 11.9 Å². The number of rotatable bonds is 7. The minimum Gasteiger partial charge on any atom is -0.460 e. The summed E-state index contributed by atoms with van der Waals surface area (Å²) in [5, 5.41) is 0. The molecule has 0 saturated heterocycles. The molecule has 6 nitrogen and oxygen atoms in total. The van der Waals surface area contributed by atoms with Crippen molar-refractivity contribution < 1.29 is 23.9 Å². The summed E-state index contributed by atoms with van der Waals surface area (Å²) in [7, 11) is 0. The van der Waals surface area contributed by atoms with Crippen molar-refractivity contribution in [1.29, 1.82) is 0 Å². The number of aliphatic imine (C=N–C) groups is 1. The van der Waals surface area contributed by atoms with Gasteiger partial charge in [-0.15, -0.1) is 0 Å². The molecule has 0 aromatic heterocycles. The molecule has 0 unspecified atom stereocenters. The molecule has 0 amide bonds. The Labute approximate surface area is 111 Å². The molecule has 19 heavy (non-hydrogen) atoms. The Morgan fingerprint density at radius 1 is 1.11 bits per heavy atom. The van der Waals surface area contributed by atoms with E-state index in [1.165, 1.54) is 37.3 Å². The molecule has 0 N–H and O–H groups in total. The first-order valence-electron chi connectivity index (χ1n) is 5.65. The molecule has 0 spiro atoms. The summed E-state index contributed by atoms with van der Waals surface area (Å²) >= 11 is 0. The molecule has 0 bridgehead atoms. The van der Waals surface area contributed by atoms with E-state index in [0.29, 0.717) is 0 Å². The third-order valence-electron chi connectivity index (χ3n) is 1.97. The topological polar surface area (TPSA) is 82.0 Å². The molecule has 0 fully saturated rings. The van der Waals surface area contributed by atoms with Crippen molar-refractivity contribution >= 4 is 18.0 Å². The maximum absolute atomic E-state index is 11.2. The molecule has 0 heterocycles. The van der Waals surface area contributed by atoms with Crippen LogP contribution in [0.15, 0.2) is 29.3 Å². The minimum absolute atomic E-state index is 0.186. The number of carbonyl (C=O) groups is 2. The number of allylic oxidation sites excluding steroid dienone is 2. The summed E-state index contributed by atoms with van der Waals surface area (Å²) in [6.45, 7) is 4.48. The maximum atomic E-state index is 11.2. The molecule has 0 aromatic rings. The molecule has 104 valence electrons. The highest BCUT2D eigenvalue weighted by molar-refractivity contribution is 5.82. The van der Waals surface area contributed by atoms with E-state index in [1.54, 1.807) is 13.8 Å². The molecule has 0 aliphatic heterocycles. The number of esters is 2. The van der Waals surface area contributed by atoms with Gasteiger partial charge in [-0.2, -0.15) is 4.99 Å². The van der Waals surface area contributed by atoms with Gasteiger partial charge in [-0.1, -0.05) is 12.2 Å². The minimum atomic E-state index is -1.14. The average Bonchev–Trinajstić information content (AvgIpc) is 2.36. The first kappa shape index (κ1) is 16.8. The molecule has 0 radical (unpaired) electrons. The lowest BCUT2D eigenvalue weighted by molar-refractivity contribution is -0.143. The molecule has 0 saturated carbocycles. The number of hydrogen-bond donors (Lipinski definition) is 0. The van der Waals surface area contributed by atoms with Gasteiger partial charge in [-0.25, -0.2) is 14.4 Å². The monoisotopic (exact) mass is 267 g/mol. The fraction of sp³-hybridized carbons (Fsp3) is 0.462. The average molecular weight is 267 g/mol. The largest absolute Gasteiger partial charge is 0.460 e. The van der Waals surface area contributed by atoms with Crippen LogP contribution in [0.4, 0.5) is 0 Å². The lowest BCUT2D eigenvalue weighted by Crippen LogP contribution is -2.36. The summed E-state index contributed by atoms with van der Waals surface area (Å²) in [5.74, 6) is -1.12. The Morgan fingerprint density at radius 3 is 1.84 bits per heavy atom. The third kappa shape index (κ3) is 7.68. The van der Waals surface area contributed by atoms with Crippen molar-refractivity contribution in [2.75, 3.05) is 13.2 Å². The standard InChI is InChI=1S/C13H17NO5/c1-4-6-11(16)18-8-13(3,14-10-15)9-19-12(17)7-5-2/h4-7H,8-9H2,1-3H3. The van der Waals surface area contributed by atoms with Gasteiger partial charge in [0, 0.05) is 12.2 Å². The van der Waals surface area contributed by atoms with Gasteiger partial charge in [0.1, 0.15) is 18.8 Å². The van der Waals surface area contributed by atoms with Gasteiger partial charge in [0.15, 0.2) is 0 Å². The first-order chi connectivity index (χ1) is 8.97. The summed E-state index contributed by atoms with van der Waals surface area (Å²) in [6.07, 6.45) is 6.89.